The maximum atomic E-state index is 4.68. The van der Waals surface area contributed by atoms with Crippen LogP contribution in [-0.2, 0) is 6.42 Å². The number of aryl methyl sites for hydroxylation is 1. The number of H-pyrrole nitrogens is 1. The first-order valence-electron chi connectivity index (χ1n) is 5.95. The largest absolute Gasteiger partial charge is 0.346 e. The van der Waals surface area contributed by atoms with Gasteiger partial charge in [0.1, 0.15) is 5.82 Å². The van der Waals surface area contributed by atoms with Crippen molar-refractivity contribution >= 4 is 0 Å². The maximum Gasteiger partial charge on any atom is 0.109 e. The highest BCUT2D eigenvalue weighted by atomic mass is 15.0. The van der Waals surface area contributed by atoms with Gasteiger partial charge in [0.25, 0.3) is 0 Å². The van der Waals surface area contributed by atoms with Gasteiger partial charge in [0.05, 0.1) is 5.69 Å². The van der Waals surface area contributed by atoms with Gasteiger partial charge < -0.3 is 10.3 Å². The number of imidazole rings is 1. The molecule has 2 heterocycles. The molecule has 15 heavy (non-hydrogen) atoms. The molecule has 2 rings (SSSR count). The smallest absolute Gasteiger partial charge is 0.109 e. The SMILES string of the molecule is Cc1[nH]c(C(C)C)nc1CC1CCCN1. The van der Waals surface area contributed by atoms with E-state index < -0.39 is 0 Å². The van der Waals surface area contributed by atoms with Gasteiger partial charge in [-0.3, -0.25) is 0 Å². The molecule has 0 radical (unpaired) electrons. The van der Waals surface area contributed by atoms with Crippen LogP contribution in [0.25, 0.3) is 0 Å². The number of hydrogen-bond donors (Lipinski definition) is 2. The van der Waals surface area contributed by atoms with Crippen LogP contribution in [0.4, 0.5) is 0 Å². The highest BCUT2D eigenvalue weighted by Gasteiger charge is 2.18. The second-order valence-corrected chi connectivity index (χ2v) is 4.85. The molecule has 0 spiro atoms. The van der Waals surface area contributed by atoms with Crippen LogP contribution in [0.3, 0.4) is 0 Å². The van der Waals surface area contributed by atoms with Crippen molar-refractivity contribution in [3.8, 4) is 0 Å². The molecule has 1 aliphatic heterocycles. The van der Waals surface area contributed by atoms with Gasteiger partial charge in [-0.1, -0.05) is 13.8 Å². The molecule has 0 bridgehead atoms. The fourth-order valence-electron chi connectivity index (χ4n) is 2.16. The predicted molar refractivity (Wildman–Crippen MR) is 62.1 cm³/mol. The molecule has 0 aromatic carbocycles. The fourth-order valence-corrected chi connectivity index (χ4v) is 2.16. The van der Waals surface area contributed by atoms with Crippen molar-refractivity contribution in [2.75, 3.05) is 6.54 Å². The first kappa shape index (κ1) is 10.7. The molecule has 2 N–H and O–H groups in total. The quantitative estimate of drug-likeness (QED) is 0.797. The van der Waals surface area contributed by atoms with Gasteiger partial charge in [0.2, 0.25) is 0 Å². The molecule has 0 saturated carbocycles. The summed E-state index contributed by atoms with van der Waals surface area (Å²) >= 11 is 0. The van der Waals surface area contributed by atoms with Gasteiger partial charge >= 0.3 is 0 Å². The molecular formula is C12H21N3. The van der Waals surface area contributed by atoms with E-state index in [0.717, 1.165) is 12.2 Å². The van der Waals surface area contributed by atoms with Crippen molar-refractivity contribution in [3.63, 3.8) is 0 Å². The molecule has 0 aliphatic carbocycles. The van der Waals surface area contributed by atoms with Crippen LogP contribution in [0.5, 0.6) is 0 Å². The fraction of sp³-hybridized carbons (Fsp3) is 0.750. The van der Waals surface area contributed by atoms with E-state index in [4.69, 9.17) is 0 Å². The number of aromatic nitrogens is 2. The minimum absolute atomic E-state index is 0.494. The van der Waals surface area contributed by atoms with E-state index in [9.17, 15) is 0 Å². The molecule has 3 heteroatoms. The Morgan fingerprint density at radius 2 is 2.27 bits per heavy atom. The lowest BCUT2D eigenvalue weighted by Crippen LogP contribution is -2.24. The summed E-state index contributed by atoms with van der Waals surface area (Å²) < 4.78 is 0. The molecule has 1 saturated heterocycles. The Morgan fingerprint density at radius 1 is 1.47 bits per heavy atom. The van der Waals surface area contributed by atoms with Gasteiger partial charge in [0.15, 0.2) is 0 Å². The standard InChI is InChI=1S/C12H21N3/c1-8(2)12-14-9(3)11(15-12)7-10-5-4-6-13-10/h8,10,13H,4-7H2,1-3H3,(H,14,15). The second-order valence-electron chi connectivity index (χ2n) is 4.85. The van der Waals surface area contributed by atoms with Crippen molar-refractivity contribution < 1.29 is 0 Å². The Morgan fingerprint density at radius 3 is 2.80 bits per heavy atom. The monoisotopic (exact) mass is 207 g/mol. The second kappa shape index (κ2) is 4.35. The van der Waals surface area contributed by atoms with E-state index in [1.807, 2.05) is 0 Å². The van der Waals surface area contributed by atoms with Crippen LogP contribution in [0.1, 0.15) is 49.8 Å². The van der Waals surface area contributed by atoms with Crippen molar-refractivity contribution in [2.24, 2.45) is 0 Å². The summed E-state index contributed by atoms with van der Waals surface area (Å²) in [6.07, 6.45) is 3.68. The van der Waals surface area contributed by atoms with Crippen LogP contribution >= 0.6 is 0 Å². The van der Waals surface area contributed by atoms with Crippen molar-refractivity contribution in [1.82, 2.24) is 15.3 Å². The lowest BCUT2D eigenvalue weighted by molar-refractivity contribution is 0.593. The topological polar surface area (TPSA) is 40.7 Å². The molecule has 1 aromatic rings. The van der Waals surface area contributed by atoms with Crippen molar-refractivity contribution in [2.45, 2.75) is 52.0 Å². The van der Waals surface area contributed by atoms with E-state index in [0.29, 0.717) is 12.0 Å². The number of aromatic amines is 1. The summed E-state index contributed by atoms with van der Waals surface area (Å²) in [4.78, 5) is 8.06. The van der Waals surface area contributed by atoms with Crippen LogP contribution in [0, 0.1) is 6.92 Å². The molecule has 84 valence electrons. The first-order chi connectivity index (χ1) is 7.16. The summed E-state index contributed by atoms with van der Waals surface area (Å²) in [7, 11) is 0. The third-order valence-corrected chi connectivity index (χ3v) is 3.15. The molecule has 1 atom stereocenters. The van der Waals surface area contributed by atoms with Crippen molar-refractivity contribution in [3.05, 3.63) is 17.2 Å². The lowest BCUT2D eigenvalue weighted by atomic mass is 10.1. The highest BCUT2D eigenvalue weighted by Crippen LogP contribution is 2.17. The Labute approximate surface area is 91.7 Å². The summed E-state index contributed by atoms with van der Waals surface area (Å²) in [5, 5.41) is 3.52. The van der Waals surface area contributed by atoms with E-state index in [1.165, 1.54) is 30.8 Å². The van der Waals surface area contributed by atoms with Gasteiger partial charge in [-0.15, -0.1) is 0 Å². The summed E-state index contributed by atoms with van der Waals surface area (Å²) in [6, 6.07) is 0.645. The molecular weight excluding hydrogens is 186 g/mol. The van der Waals surface area contributed by atoms with Crippen LogP contribution in [-0.4, -0.2) is 22.6 Å². The first-order valence-corrected chi connectivity index (χ1v) is 5.95. The molecule has 1 aliphatic rings. The number of rotatable bonds is 3. The zero-order valence-corrected chi connectivity index (χ0v) is 9.93. The average Bonchev–Trinajstić information content (AvgIpc) is 2.77. The summed E-state index contributed by atoms with van der Waals surface area (Å²) in [5.41, 5.74) is 2.49. The number of nitrogens with one attached hydrogen (secondary N) is 2. The zero-order chi connectivity index (χ0) is 10.8. The Hall–Kier alpha value is -0.830. The van der Waals surface area contributed by atoms with Gasteiger partial charge in [-0.05, 0) is 26.3 Å². The number of nitrogens with zero attached hydrogens (tertiary/aromatic N) is 1. The molecule has 1 fully saturated rings. The van der Waals surface area contributed by atoms with Gasteiger partial charge in [-0.25, -0.2) is 4.98 Å². The molecule has 3 nitrogen and oxygen atoms in total. The van der Waals surface area contributed by atoms with E-state index in [-0.39, 0.29) is 0 Å². The summed E-state index contributed by atoms with van der Waals surface area (Å²) in [5.74, 6) is 1.62. The highest BCUT2D eigenvalue weighted by molar-refractivity contribution is 5.16. The number of hydrogen-bond acceptors (Lipinski definition) is 2. The molecule has 1 aromatic heterocycles. The average molecular weight is 207 g/mol. The van der Waals surface area contributed by atoms with Crippen LogP contribution in [0.15, 0.2) is 0 Å². The third-order valence-electron chi connectivity index (χ3n) is 3.15. The van der Waals surface area contributed by atoms with E-state index >= 15 is 0 Å². The van der Waals surface area contributed by atoms with Gasteiger partial charge in [0, 0.05) is 24.1 Å². The molecule has 0 amide bonds. The van der Waals surface area contributed by atoms with Crippen molar-refractivity contribution in [1.29, 1.82) is 0 Å². The third kappa shape index (κ3) is 2.40. The zero-order valence-electron chi connectivity index (χ0n) is 9.93. The Balaban J connectivity index is 2.06. The van der Waals surface area contributed by atoms with Crippen LogP contribution in [0.2, 0.25) is 0 Å². The Bertz CT molecular complexity index is 322. The van der Waals surface area contributed by atoms with E-state index in [2.05, 4.69) is 36.1 Å². The predicted octanol–water partition coefficient (Wildman–Crippen LogP) is 2.14. The minimum Gasteiger partial charge on any atom is -0.346 e. The maximum absolute atomic E-state index is 4.68. The molecule has 1 unspecified atom stereocenters. The van der Waals surface area contributed by atoms with Crippen LogP contribution < -0.4 is 5.32 Å². The summed E-state index contributed by atoms with van der Waals surface area (Å²) in [6.45, 7) is 7.65. The van der Waals surface area contributed by atoms with E-state index in [1.54, 1.807) is 0 Å². The van der Waals surface area contributed by atoms with Gasteiger partial charge in [-0.2, -0.15) is 0 Å². The minimum atomic E-state index is 0.494. The lowest BCUT2D eigenvalue weighted by Gasteiger charge is -2.07. The Kier molecular flexibility index (Phi) is 3.10. The normalized spacial score (nSPS) is 21.5.